The molecule has 0 bridgehead atoms. The van der Waals surface area contributed by atoms with E-state index in [1.54, 1.807) is 0 Å². The number of thiocarbonyl (C=S) groups is 1. The fraction of sp³-hybridized carbons (Fsp3) is 0.909. The van der Waals surface area contributed by atoms with Gasteiger partial charge in [0.25, 0.3) is 0 Å². The van der Waals surface area contributed by atoms with Crippen LogP contribution >= 0.6 is 12.2 Å². The number of hydrogen-bond acceptors (Lipinski definition) is 1. The Bertz CT molecular complexity index is 183. The van der Waals surface area contributed by atoms with Gasteiger partial charge in [-0.05, 0) is 17.3 Å². The molecule has 0 spiro atoms. The van der Waals surface area contributed by atoms with E-state index in [0.717, 1.165) is 6.42 Å². The molecule has 0 aliphatic carbocycles. The Hall–Kier alpha value is -0.110. The molecule has 0 saturated carbocycles. The minimum Gasteiger partial charge on any atom is -0.393 e. The Morgan fingerprint density at radius 3 is 1.62 bits per heavy atom. The summed E-state index contributed by atoms with van der Waals surface area (Å²) in [5.74, 6) is 0.336. The van der Waals surface area contributed by atoms with Crippen LogP contribution in [0.5, 0.6) is 0 Å². The predicted molar refractivity (Wildman–Crippen MR) is 63.8 cm³/mol. The molecule has 0 aromatic rings. The number of nitrogens with two attached hydrogens (primary N) is 1. The van der Waals surface area contributed by atoms with E-state index in [1.807, 2.05) is 0 Å². The van der Waals surface area contributed by atoms with Gasteiger partial charge in [0.2, 0.25) is 0 Å². The Balaban J connectivity index is 4.56. The third-order valence-corrected chi connectivity index (χ3v) is 2.49. The molecule has 78 valence electrons. The van der Waals surface area contributed by atoms with Gasteiger partial charge in [-0.15, -0.1) is 0 Å². The fourth-order valence-electron chi connectivity index (χ4n) is 1.45. The standard InChI is InChI=1S/C11H23NS/c1-10(2,3)7-8(9(12)13)11(4,5)6/h8H,7H2,1-6H3,(H2,12,13). The van der Waals surface area contributed by atoms with Crippen molar-refractivity contribution in [3.05, 3.63) is 0 Å². The van der Waals surface area contributed by atoms with E-state index in [4.69, 9.17) is 18.0 Å². The highest BCUT2D eigenvalue weighted by atomic mass is 32.1. The molecule has 2 N–H and O–H groups in total. The highest BCUT2D eigenvalue weighted by molar-refractivity contribution is 7.80. The molecule has 0 heterocycles. The highest BCUT2D eigenvalue weighted by Crippen LogP contribution is 2.35. The van der Waals surface area contributed by atoms with Crippen LogP contribution in [0.25, 0.3) is 0 Å². The van der Waals surface area contributed by atoms with Gasteiger partial charge < -0.3 is 5.73 Å². The van der Waals surface area contributed by atoms with Gasteiger partial charge in [-0.1, -0.05) is 53.8 Å². The van der Waals surface area contributed by atoms with Gasteiger partial charge in [0.1, 0.15) is 0 Å². The zero-order chi connectivity index (χ0) is 10.9. The molecule has 0 aromatic heterocycles. The molecule has 1 unspecified atom stereocenters. The summed E-state index contributed by atoms with van der Waals surface area (Å²) in [6.45, 7) is 13.3. The molecule has 0 aliphatic heterocycles. The summed E-state index contributed by atoms with van der Waals surface area (Å²) in [5.41, 5.74) is 6.23. The van der Waals surface area contributed by atoms with Gasteiger partial charge in [0.15, 0.2) is 0 Å². The lowest BCUT2D eigenvalue weighted by atomic mass is 9.72. The quantitative estimate of drug-likeness (QED) is 0.693. The third-order valence-electron chi connectivity index (χ3n) is 2.21. The van der Waals surface area contributed by atoms with Crippen molar-refractivity contribution >= 4 is 17.2 Å². The lowest BCUT2D eigenvalue weighted by Gasteiger charge is -2.34. The summed E-state index contributed by atoms with van der Waals surface area (Å²) in [5, 5.41) is 0. The molecular formula is C11H23NS. The van der Waals surface area contributed by atoms with Crippen LogP contribution in [0.15, 0.2) is 0 Å². The van der Waals surface area contributed by atoms with Gasteiger partial charge in [-0.2, -0.15) is 0 Å². The molecule has 0 aromatic carbocycles. The molecule has 0 fully saturated rings. The van der Waals surface area contributed by atoms with E-state index in [-0.39, 0.29) is 5.41 Å². The molecule has 0 radical (unpaired) electrons. The van der Waals surface area contributed by atoms with Crippen LogP contribution in [-0.4, -0.2) is 4.99 Å². The summed E-state index contributed by atoms with van der Waals surface area (Å²) in [6.07, 6.45) is 1.06. The van der Waals surface area contributed by atoms with Crippen LogP contribution in [0.2, 0.25) is 0 Å². The van der Waals surface area contributed by atoms with Crippen molar-refractivity contribution in [3.63, 3.8) is 0 Å². The number of rotatable bonds is 2. The molecule has 2 heteroatoms. The van der Waals surface area contributed by atoms with E-state index < -0.39 is 0 Å². The van der Waals surface area contributed by atoms with Crippen molar-refractivity contribution in [2.45, 2.75) is 48.0 Å². The van der Waals surface area contributed by atoms with E-state index in [1.165, 1.54) is 0 Å². The Morgan fingerprint density at radius 2 is 1.54 bits per heavy atom. The van der Waals surface area contributed by atoms with Gasteiger partial charge in [-0.25, -0.2) is 0 Å². The predicted octanol–water partition coefficient (Wildman–Crippen LogP) is 3.37. The molecule has 0 saturated heterocycles. The maximum atomic E-state index is 5.76. The highest BCUT2D eigenvalue weighted by Gasteiger charge is 2.30. The Labute approximate surface area is 88.1 Å². The molecule has 1 nitrogen and oxygen atoms in total. The second-order valence-electron chi connectivity index (χ2n) is 6.09. The van der Waals surface area contributed by atoms with Gasteiger partial charge in [0.05, 0.1) is 4.99 Å². The first kappa shape index (κ1) is 12.9. The zero-order valence-electron chi connectivity index (χ0n) is 9.77. The maximum absolute atomic E-state index is 5.76. The summed E-state index contributed by atoms with van der Waals surface area (Å²) < 4.78 is 0. The monoisotopic (exact) mass is 201 g/mol. The summed E-state index contributed by atoms with van der Waals surface area (Å²) in [7, 11) is 0. The zero-order valence-corrected chi connectivity index (χ0v) is 10.6. The summed E-state index contributed by atoms with van der Waals surface area (Å²) in [4.78, 5) is 0.655. The molecule has 13 heavy (non-hydrogen) atoms. The van der Waals surface area contributed by atoms with Crippen LogP contribution in [0, 0.1) is 16.7 Å². The fourth-order valence-corrected chi connectivity index (χ4v) is 1.88. The van der Waals surface area contributed by atoms with Crippen LogP contribution in [0.3, 0.4) is 0 Å². The molecule has 1 atom stereocenters. The average molecular weight is 201 g/mol. The second kappa shape index (κ2) is 3.95. The first-order valence-corrected chi connectivity index (χ1v) is 5.24. The van der Waals surface area contributed by atoms with Crippen molar-refractivity contribution in [1.29, 1.82) is 0 Å². The summed E-state index contributed by atoms with van der Waals surface area (Å²) in [6, 6.07) is 0. The van der Waals surface area contributed by atoms with Crippen LogP contribution in [0.4, 0.5) is 0 Å². The van der Waals surface area contributed by atoms with Crippen molar-refractivity contribution in [3.8, 4) is 0 Å². The normalized spacial score (nSPS) is 15.5. The van der Waals surface area contributed by atoms with Gasteiger partial charge in [0, 0.05) is 5.92 Å². The lowest BCUT2D eigenvalue weighted by molar-refractivity contribution is 0.223. The minimum absolute atomic E-state index is 0.180. The lowest BCUT2D eigenvalue weighted by Crippen LogP contribution is -2.35. The van der Waals surface area contributed by atoms with Gasteiger partial charge in [-0.3, -0.25) is 0 Å². The van der Waals surface area contributed by atoms with Crippen molar-refractivity contribution < 1.29 is 0 Å². The number of hydrogen-bond donors (Lipinski definition) is 1. The summed E-state index contributed by atoms with van der Waals surface area (Å²) >= 11 is 5.11. The van der Waals surface area contributed by atoms with Crippen LogP contribution in [0.1, 0.15) is 48.0 Å². The largest absolute Gasteiger partial charge is 0.393 e. The molecular weight excluding hydrogens is 178 g/mol. The van der Waals surface area contributed by atoms with E-state index >= 15 is 0 Å². The Kier molecular flexibility index (Phi) is 3.92. The van der Waals surface area contributed by atoms with E-state index in [2.05, 4.69) is 41.5 Å². The topological polar surface area (TPSA) is 26.0 Å². The molecule has 0 aliphatic rings. The maximum Gasteiger partial charge on any atom is 0.0764 e. The van der Waals surface area contributed by atoms with Crippen molar-refractivity contribution in [1.82, 2.24) is 0 Å². The molecule has 0 rings (SSSR count). The average Bonchev–Trinajstić information content (AvgIpc) is 1.77. The van der Waals surface area contributed by atoms with Crippen molar-refractivity contribution in [2.75, 3.05) is 0 Å². The van der Waals surface area contributed by atoms with Gasteiger partial charge >= 0.3 is 0 Å². The van der Waals surface area contributed by atoms with Crippen LogP contribution < -0.4 is 5.73 Å². The minimum atomic E-state index is 0.180. The first-order valence-electron chi connectivity index (χ1n) is 4.83. The smallest absolute Gasteiger partial charge is 0.0764 e. The molecule has 0 amide bonds. The van der Waals surface area contributed by atoms with Crippen LogP contribution in [-0.2, 0) is 0 Å². The Morgan fingerprint density at radius 1 is 1.15 bits per heavy atom. The SMILES string of the molecule is CC(C)(C)CC(C(N)=S)C(C)(C)C. The van der Waals surface area contributed by atoms with E-state index in [0.29, 0.717) is 16.3 Å². The van der Waals surface area contributed by atoms with Crippen molar-refractivity contribution in [2.24, 2.45) is 22.5 Å². The second-order valence-corrected chi connectivity index (χ2v) is 6.56. The first-order chi connectivity index (χ1) is 5.54. The van der Waals surface area contributed by atoms with E-state index in [9.17, 15) is 0 Å². The third kappa shape index (κ3) is 5.25.